The maximum absolute atomic E-state index is 13.4. The van der Waals surface area contributed by atoms with Gasteiger partial charge in [0, 0.05) is 25.2 Å². The number of sulfonamides is 1. The first kappa shape index (κ1) is 21.9. The number of hydrogen-bond acceptors (Lipinski definition) is 3. The molecule has 4 nitrogen and oxygen atoms in total. The predicted molar refractivity (Wildman–Crippen MR) is 113 cm³/mol. The number of benzene rings is 1. The van der Waals surface area contributed by atoms with Crippen LogP contribution in [0.5, 0.6) is 0 Å². The van der Waals surface area contributed by atoms with Crippen LogP contribution in [0.2, 0.25) is 0 Å². The predicted octanol–water partition coefficient (Wildman–Crippen LogP) is 4.09. The Morgan fingerprint density at radius 2 is 1.81 bits per heavy atom. The lowest BCUT2D eigenvalue weighted by atomic mass is 9.79. The van der Waals surface area contributed by atoms with Crippen molar-refractivity contribution in [2.24, 2.45) is 11.8 Å². The van der Waals surface area contributed by atoms with Gasteiger partial charge in [-0.3, -0.25) is 0 Å². The Labute approximate surface area is 165 Å². The van der Waals surface area contributed by atoms with Gasteiger partial charge in [0.05, 0.1) is 4.90 Å². The number of nitrogens with zero attached hydrogens (tertiary/aromatic N) is 2. The van der Waals surface area contributed by atoms with Crippen molar-refractivity contribution < 1.29 is 8.42 Å². The second kappa shape index (κ2) is 9.18. The van der Waals surface area contributed by atoms with E-state index in [1.807, 2.05) is 31.2 Å². The van der Waals surface area contributed by atoms with Crippen molar-refractivity contribution in [1.82, 2.24) is 9.21 Å². The molecule has 2 rings (SSSR count). The first-order chi connectivity index (χ1) is 12.7. The zero-order chi connectivity index (χ0) is 20.2. The third-order valence-corrected chi connectivity index (χ3v) is 7.70. The van der Waals surface area contributed by atoms with Gasteiger partial charge in [0.25, 0.3) is 0 Å². The van der Waals surface area contributed by atoms with E-state index in [1.165, 1.54) is 0 Å². The Morgan fingerprint density at radius 3 is 2.37 bits per heavy atom. The van der Waals surface area contributed by atoms with E-state index in [0.29, 0.717) is 23.9 Å². The maximum Gasteiger partial charge on any atom is 0.243 e. The summed E-state index contributed by atoms with van der Waals surface area (Å²) in [5, 5.41) is 0. The molecule has 1 aromatic rings. The monoisotopic (exact) mass is 390 g/mol. The Kier molecular flexibility index (Phi) is 7.43. The van der Waals surface area contributed by atoms with E-state index in [-0.39, 0.29) is 17.9 Å². The fourth-order valence-corrected chi connectivity index (χ4v) is 6.26. The summed E-state index contributed by atoms with van der Waals surface area (Å²) in [5.41, 5.74) is 1.06. The molecule has 0 N–H and O–H groups in total. The minimum atomic E-state index is -3.53. The second-order valence-corrected chi connectivity index (χ2v) is 9.76. The minimum absolute atomic E-state index is 0.0822. The van der Waals surface area contributed by atoms with Crippen LogP contribution in [-0.2, 0) is 10.0 Å². The van der Waals surface area contributed by atoms with Gasteiger partial charge in [0.15, 0.2) is 0 Å². The average molecular weight is 391 g/mol. The van der Waals surface area contributed by atoms with Gasteiger partial charge >= 0.3 is 0 Å². The van der Waals surface area contributed by atoms with Crippen molar-refractivity contribution in [2.45, 2.75) is 50.6 Å². The van der Waals surface area contributed by atoms with Crippen LogP contribution in [0.3, 0.4) is 0 Å². The number of piperidine rings is 1. The van der Waals surface area contributed by atoms with Crippen LogP contribution in [-0.4, -0.2) is 49.8 Å². The van der Waals surface area contributed by atoms with Gasteiger partial charge in [-0.1, -0.05) is 43.7 Å². The highest BCUT2D eigenvalue weighted by Gasteiger charge is 2.45. The van der Waals surface area contributed by atoms with E-state index in [1.54, 1.807) is 16.4 Å². The summed E-state index contributed by atoms with van der Waals surface area (Å²) in [6.07, 6.45) is 5.37. The third kappa shape index (κ3) is 4.71. The molecule has 0 unspecified atom stereocenters. The van der Waals surface area contributed by atoms with Crippen molar-refractivity contribution in [3.8, 4) is 0 Å². The molecule has 5 heteroatoms. The van der Waals surface area contributed by atoms with Crippen molar-refractivity contribution in [3.63, 3.8) is 0 Å². The highest BCUT2D eigenvalue weighted by molar-refractivity contribution is 7.89. The van der Waals surface area contributed by atoms with E-state index < -0.39 is 10.0 Å². The fraction of sp³-hybridized carbons (Fsp3) is 0.545. The summed E-state index contributed by atoms with van der Waals surface area (Å²) in [4.78, 5) is 2.74. The number of aryl methyl sites for hydroxylation is 1. The molecule has 1 fully saturated rings. The van der Waals surface area contributed by atoms with Gasteiger partial charge in [0.2, 0.25) is 10.0 Å². The summed E-state index contributed by atoms with van der Waals surface area (Å²) in [6.45, 7) is 15.5. The smallest absolute Gasteiger partial charge is 0.243 e. The third-order valence-electron chi connectivity index (χ3n) is 5.80. The summed E-state index contributed by atoms with van der Waals surface area (Å²) >= 11 is 0. The molecule has 1 aliphatic rings. The highest BCUT2D eigenvalue weighted by Crippen LogP contribution is 2.36. The van der Waals surface area contributed by atoms with E-state index in [2.05, 4.69) is 39.0 Å². The number of rotatable bonds is 8. The Morgan fingerprint density at radius 1 is 1.19 bits per heavy atom. The molecule has 1 saturated heterocycles. The number of hydrogen-bond donors (Lipinski definition) is 0. The van der Waals surface area contributed by atoms with E-state index in [0.717, 1.165) is 18.5 Å². The van der Waals surface area contributed by atoms with Crippen LogP contribution >= 0.6 is 0 Å². The summed E-state index contributed by atoms with van der Waals surface area (Å²) in [5.74, 6) is 0.456. The average Bonchev–Trinajstić information content (AvgIpc) is 2.62. The fourth-order valence-electron chi connectivity index (χ4n) is 4.44. The maximum atomic E-state index is 13.4. The molecule has 150 valence electrons. The summed E-state index contributed by atoms with van der Waals surface area (Å²) < 4.78 is 28.5. The molecule has 27 heavy (non-hydrogen) atoms. The van der Waals surface area contributed by atoms with Crippen LogP contribution in [0, 0.1) is 18.8 Å². The van der Waals surface area contributed by atoms with Gasteiger partial charge < -0.3 is 4.90 Å². The molecule has 4 atom stereocenters. The van der Waals surface area contributed by atoms with Crippen molar-refractivity contribution in [2.75, 3.05) is 20.1 Å². The first-order valence-corrected chi connectivity index (χ1v) is 11.2. The summed E-state index contributed by atoms with van der Waals surface area (Å²) in [7, 11) is -1.40. The first-order valence-electron chi connectivity index (χ1n) is 9.74. The molecule has 0 spiro atoms. The van der Waals surface area contributed by atoms with Gasteiger partial charge in [-0.05, 0) is 50.8 Å². The zero-order valence-electron chi connectivity index (χ0n) is 17.1. The molecule has 0 aliphatic carbocycles. The van der Waals surface area contributed by atoms with Gasteiger partial charge in [-0.15, -0.1) is 13.2 Å². The molecular weight excluding hydrogens is 356 g/mol. The van der Waals surface area contributed by atoms with Crippen LogP contribution in [0.25, 0.3) is 0 Å². The Balaban J connectivity index is 2.36. The Bertz CT molecular complexity index is 742. The quantitative estimate of drug-likeness (QED) is 0.628. The molecule has 0 aromatic heterocycles. The molecule has 0 bridgehead atoms. The van der Waals surface area contributed by atoms with Crippen LogP contribution in [0.4, 0.5) is 0 Å². The zero-order valence-corrected chi connectivity index (χ0v) is 18.0. The Hall–Kier alpha value is -1.43. The highest BCUT2D eigenvalue weighted by atomic mass is 32.2. The van der Waals surface area contributed by atoms with Crippen LogP contribution in [0.1, 0.15) is 32.3 Å². The van der Waals surface area contributed by atoms with Gasteiger partial charge in [-0.25, -0.2) is 8.42 Å². The lowest BCUT2D eigenvalue weighted by molar-refractivity contribution is 0.0329. The van der Waals surface area contributed by atoms with Crippen molar-refractivity contribution in [3.05, 3.63) is 55.1 Å². The lowest BCUT2D eigenvalue weighted by Crippen LogP contribution is -2.60. The molecule has 0 radical (unpaired) electrons. The molecule has 0 amide bonds. The standard InChI is InChI=1S/C22H34N2O2S/c1-7-9-15-23(6)22-18(4)16-24(21(10-8-2)19(22)5)27(25,26)20-13-11-17(3)12-14-20/h7-8,11-14,18-19,21-22H,1-2,9-10,15-16H2,3-6H3/t18-,19-,21-,22+/m1/s1. The molecular formula is C22H34N2O2S. The van der Waals surface area contributed by atoms with E-state index in [9.17, 15) is 8.42 Å². The molecule has 1 aliphatic heterocycles. The largest absolute Gasteiger partial charge is 0.302 e. The lowest BCUT2D eigenvalue weighted by Gasteiger charge is -2.49. The van der Waals surface area contributed by atoms with Crippen molar-refractivity contribution in [1.29, 1.82) is 0 Å². The van der Waals surface area contributed by atoms with Crippen LogP contribution < -0.4 is 0 Å². The SMILES string of the molecule is C=CCCN(C)[C@@H]1[C@H](C)[C@@H](CC=C)N(S(=O)(=O)c2ccc(C)cc2)C[C@H]1C. The van der Waals surface area contributed by atoms with Gasteiger partial charge in [-0.2, -0.15) is 4.31 Å². The van der Waals surface area contributed by atoms with Crippen LogP contribution in [0.15, 0.2) is 54.5 Å². The van der Waals surface area contributed by atoms with Gasteiger partial charge in [0.1, 0.15) is 0 Å². The van der Waals surface area contributed by atoms with E-state index in [4.69, 9.17) is 0 Å². The molecule has 1 aromatic carbocycles. The molecule has 1 heterocycles. The topological polar surface area (TPSA) is 40.6 Å². The minimum Gasteiger partial charge on any atom is -0.302 e. The summed E-state index contributed by atoms with van der Waals surface area (Å²) in [6, 6.07) is 7.40. The van der Waals surface area contributed by atoms with Crippen molar-refractivity contribution >= 4 is 10.0 Å². The second-order valence-electron chi connectivity index (χ2n) is 7.86. The van der Waals surface area contributed by atoms with E-state index >= 15 is 0 Å². The normalized spacial score (nSPS) is 26.9. The molecule has 0 saturated carbocycles.